The van der Waals surface area contributed by atoms with E-state index >= 15 is 0 Å². The minimum absolute atomic E-state index is 0.0302. The zero-order valence-corrected chi connectivity index (χ0v) is 17.3. The Morgan fingerprint density at radius 2 is 1.93 bits per heavy atom. The lowest BCUT2D eigenvalue weighted by atomic mass is 9.95. The molecule has 4 nitrogen and oxygen atoms in total. The summed E-state index contributed by atoms with van der Waals surface area (Å²) in [6, 6.07) is 19.9. The highest BCUT2D eigenvalue weighted by atomic mass is 16.5. The van der Waals surface area contributed by atoms with Crippen molar-refractivity contribution in [1.29, 1.82) is 5.26 Å². The zero-order chi connectivity index (χ0) is 21.1. The molecule has 3 aromatic carbocycles. The first-order valence-electron chi connectivity index (χ1n) is 10.4. The van der Waals surface area contributed by atoms with Gasteiger partial charge in [-0.2, -0.15) is 5.26 Å². The van der Waals surface area contributed by atoms with Gasteiger partial charge in [-0.05, 0) is 47.9 Å². The summed E-state index contributed by atoms with van der Waals surface area (Å²) in [5, 5.41) is 22.8. The van der Waals surface area contributed by atoms with E-state index in [0.29, 0.717) is 6.42 Å². The van der Waals surface area contributed by atoms with Crippen molar-refractivity contribution in [2.45, 2.75) is 39.2 Å². The van der Waals surface area contributed by atoms with E-state index < -0.39 is 6.10 Å². The van der Waals surface area contributed by atoms with Crippen molar-refractivity contribution in [2.75, 3.05) is 6.61 Å². The molecule has 0 bridgehead atoms. The number of aryl methyl sites for hydroxylation is 1. The lowest BCUT2D eigenvalue weighted by Crippen LogP contribution is -1.98. The Labute approximate surface area is 176 Å². The van der Waals surface area contributed by atoms with Crippen LogP contribution in [-0.2, 0) is 0 Å². The number of hydrogen-bond donors (Lipinski definition) is 1. The highest BCUT2D eigenvalue weighted by Crippen LogP contribution is 2.40. The summed E-state index contributed by atoms with van der Waals surface area (Å²) in [6.45, 7) is 4.15. The van der Waals surface area contributed by atoms with Crippen molar-refractivity contribution in [3.8, 4) is 23.1 Å². The number of rotatable bonds is 7. The molecule has 0 aliphatic carbocycles. The maximum Gasteiger partial charge on any atom is 0.174 e. The van der Waals surface area contributed by atoms with E-state index in [1.54, 1.807) is 0 Å². The third kappa shape index (κ3) is 3.65. The lowest BCUT2D eigenvalue weighted by molar-refractivity contribution is 0.165. The van der Waals surface area contributed by atoms with Crippen LogP contribution in [0.2, 0.25) is 0 Å². The van der Waals surface area contributed by atoms with Crippen molar-refractivity contribution in [2.24, 2.45) is 0 Å². The van der Waals surface area contributed by atoms with Crippen LogP contribution in [0.15, 0.2) is 59.0 Å². The monoisotopic (exact) mass is 399 g/mol. The maximum atomic E-state index is 11.0. The maximum absolute atomic E-state index is 11.0. The molecule has 1 aromatic heterocycles. The van der Waals surface area contributed by atoms with Crippen LogP contribution in [0, 0.1) is 18.3 Å². The van der Waals surface area contributed by atoms with E-state index in [-0.39, 0.29) is 6.61 Å². The molecular formula is C26H25NO3. The number of benzene rings is 3. The average Bonchev–Trinajstić information content (AvgIpc) is 3.16. The summed E-state index contributed by atoms with van der Waals surface area (Å²) in [5.74, 6) is 1.44. The normalized spacial score (nSPS) is 12.2. The highest BCUT2D eigenvalue weighted by Gasteiger charge is 2.22. The van der Waals surface area contributed by atoms with Crippen LogP contribution in [0.25, 0.3) is 33.1 Å². The molecule has 1 atom stereocenters. The van der Waals surface area contributed by atoms with Gasteiger partial charge in [0.05, 0.1) is 6.10 Å². The number of nitrogens with zero attached hydrogens (tertiary/aromatic N) is 1. The summed E-state index contributed by atoms with van der Waals surface area (Å²) in [7, 11) is 0. The molecule has 30 heavy (non-hydrogen) atoms. The summed E-state index contributed by atoms with van der Waals surface area (Å²) < 4.78 is 11.7. The van der Waals surface area contributed by atoms with Gasteiger partial charge in [0.25, 0.3) is 0 Å². The standard InChI is InChI=1S/C26H25NO3/c1-3-4-8-22(28)25-21-7-5-6-9-24(21)30-26(25)19-10-12-20-17(2)23(29-15-14-27)13-11-18(20)16-19/h5-7,9-13,16,22,28H,3-4,8,15H2,1-2H3. The van der Waals surface area contributed by atoms with Gasteiger partial charge in [0.2, 0.25) is 0 Å². The number of aliphatic hydroxyl groups excluding tert-OH is 1. The lowest BCUT2D eigenvalue weighted by Gasteiger charge is -2.13. The highest BCUT2D eigenvalue weighted by molar-refractivity contribution is 5.94. The molecule has 0 amide bonds. The summed E-state index contributed by atoms with van der Waals surface area (Å²) in [4.78, 5) is 0. The molecule has 1 N–H and O–H groups in total. The number of para-hydroxylation sites is 1. The SMILES string of the molecule is CCCCC(O)c1c(-c2ccc3c(C)c(OCC#N)ccc3c2)oc2ccccc12. The van der Waals surface area contributed by atoms with Gasteiger partial charge in [0, 0.05) is 16.5 Å². The van der Waals surface area contributed by atoms with Crippen molar-refractivity contribution < 1.29 is 14.3 Å². The number of aliphatic hydroxyl groups is 1. The number of hydrogen-bond acceptors (Lipinski definition) is 4. The minimum Gasteiger partial charge on any atom is -0.478 e. The summed E-state index contributed by atoms with van der Waals surface area (Å²) in [6.07, 6.45) is 2.14. The molecule has 0 aliphatic rings. The van der Waals surface area contributed by atoms with Crippen molar-refractivity contribution in [3.05, 3.63) is 65.7 Å². The molecular weight excluding hydrogens is 374 g/mol. The molecule has 0 aliphatic heterocycles. The molecule has 4 heteroatoms. The van der Waals surface area contributed by atoms with E-state index in [0.717, 1.165) is 62.8 Å². The third-order valence-corrected chi connectivity index (χ3v) is 5.59. The third-order valence-electron chi connectivity index (χ3n) is 5.59. The molecule has 152 valence electrons. The van der Waals surface area contributed by atoms with E-state index in [1.165, 1.54) is 0 Å². The second-order valence-electron chi connectivity index (χ2n) is 7.57. The molecule has 0 fully saturated rings. The fourth-order valence-electron chi connectivity index (χ4n) is 4.03. The zero-order valence-electron chi connectivity index (χ0n) is 17.3. The Kier molecular flexibility index (Phi) is 5.74. The largest absolute Gasteiger partial charge is 0.478 e. The van der Waals surface area contributed by atoms with Crippen molar-refractivity contribution in [3.63, 3.8) is 0 Å². The first kappa shape index (κ1) is 20.0. The van der Waals surface area contributed by atoms with Gasteiger partial charge in [-0.3, -0.25) is 0 Å². The molecule has 1 heterocycles. The predicted molar refractivity (Wildman–Crippen MR) is 119 cm³/mol. The number of ether oxygens (including phenoxy) is 1. The van der Waals surface area contributed by atoms with Crippen LogP contribution in [-0.4, -0.2) is 11.7 Å². The van der Waals surface area contributed by atoms with E-state index in [9.17, 15) is 5.11 Å². The van der Waals surface area contributed by atoms with Gasteiger partial charge in [0.15, 0.2) is 6.61 Å². The van der Waals surface area contributed by atoms with Gasteiger partial charge in [0.1, 0.15) is 23.2 Å². The van der Waals surface area contributed by atoms with Crippen LogP contribution in [0.3, 0.4) is 0 Å². The van der Waals surface area contributed by atoms with Gasteiger partial charge in [-0.1, -0.05) is 56.2 Å². The Hall–Kier alpha value is -3.29. The predicted octanol–water partition coefficient (Wildman–Crippen LogP) is 6.69. The Bertz CT molecular complexity index is 1230. The van der Waals surface area contributed by atoms with E-state index in [2.05, 4.69) is 19.1 Å². The second-order valence-corrected chi connectivity index (χ2v) is 7.57. The molecule has 0 spiro atoms. The van der Waals surface area contributed by atoms with Gasteiger partial charge >= 0.3 is 0 Å². The molecule has 4 aromatic rings. The number of fused-ring (bicyclic) bond motifs is 2. The Morgan fingerprint density at radius 3 is 2.73 bits per heavy atom. The van der Waals surface area contributed by atoms with Crippen LogP contribution >= 0.6 is 0 Å². The Balaban J connectivity index is 1.82. The topological polar surface area (TPSA) is 66.4 Å². The van der Waals surface area contributed by atoms with Crippen molar-refractivity contribution in [1.82, 2.24) is 0 Å². The smallest absolute Gasteiger partial charge is 0.174 e. The van der Waals surface area contributed by atoms with Crippen LogP contribution in [0.5, 0.6) is 5.75 Å². The van der Waals surface area contributed by atoms with Gasteiger partial charge in [-0.25, -0.2) is 0 Å². The first-order chi connectivity index (χ1) is 14.6. The summed E-state index contributed by atoms with van der Waals surface area (Å²) in [5.41, 5.74) is 3.59. The number of furan rings is 1. The molecule has 0 radical (unpaired) electrons. The fourth-order valence-corrected chi connectivity index (χ4v) is 4.03. The molecule has 0 saturated heterocycles. The quantitative estimate of drug-likeness (QED) is 0.376. The fraction of sp³-hybridized carbons (Fsp3) is 0.269. The molecule has 1 unspecified atom stereocenters. The average molecular weight is 399 g/mol. The van der Waals surface area contributed by atoms with E-state index in [1.807, 2.05) is 55.5 Å². The second kappa shape index (κ2) is 8.61. The van der Waals surface area contributed by atoms with Crippen LogP contribution < -0.4 is 4.74 Å². The molecule has 0 saturated carbocycles. The summed E-state index contributed by atoms with van der Waals surface area (Å²) >= 11 is 0. The van der Waals surface area contributed by atoms with Crippen LogP contribution in [0.4, 0.5) is 0 Å². The minimum atomic E-state index is -0.567. The van der Waals surface area contributed by atoms with Gasteiger partial charge < -0.3 is 14.3 Å². The van der Waals surface area contributed by atoms with Crippen LogP contribution in [0.1, 0.15) is 43.4 Å². The number of unbranched alkanes of at least 4 members (excludes halogenated alkanes) is 1. The van der Waals surface area contributed by atoms with E-state index in [4.69, 9.17) is 14.4 Å². The Morgan fingerprint density at radius 1 is 1.10 bits per heavy atom. The van der Waals surface area contributed by atoms with Gasteiger partial charge in [-0.15, -0.1) is 0 Å². The number of nitriles is 1. The first-order valence-corrected chi connectivity index (χ1v) is 10.4. The van der Waals surface area contributed by atoms with Crippen molar-refractivity contribution >= 4 is 21.7 Å². The molecule has 4 rings (SSSR count).